The number of piperidine rings is 1. The van der Waals surface area contributed by atoms with Crippen LogP contribution in [0.3, 0.4) is 0 Å². The van der Waals surface area contributed by atoms with Gasteiger partial charge in [-0.25, -0.2) is 9.78 Å². The summed E-state index contributed by atoms with van der Waals surface area (Å²) in [5, 5.41) is 0. The number of amides is 4. The minimum atomic E-state index is -0.845. The number of hydrogen-bond acceptors (Lipinski definition) is 5. The Kier molecular flexibility index (Phi) is 4.72. The van der Waals surface area contributed by atoms with E-state index in [0.29, 0.717) is 43.7 Å². The number of carbonyl (C=O) groups excluding carboxylic acids is 3. The van der Waals surface area contributed by atoms with Crippen LogP contribution in [-0.4, -0.2) is 74.7 Å². The lowest BCUT2D eigenvalue weighted by Crippen LogP contribution is -2.58. The second kappa shape index (κ2) is 7.09. The van der Waals surface area contributed by atoms with Gasteiger partial charge in [-0.3, -0.25) is 19.5 Å². The number of urea groups is 1. The highest BCUT2D eigenvalue weighted by atomic mass is 16.2. The molecule has 1 aromatic heterocycles. The number of rotatable bonds is 3. The third kappa shape index (κ3) is 3.12. The number of aromatic nitrogens is 2. The van der Waals surface area contributed by atoms with Crippen LogP contribution in [0.2, 0.25) is 0 Å². The molecule has 3 heterocycles. The monoisotopic (exact) mass is 395 g/mol. The largest absolute Gasteiger partial charge is 0.337 e. The fourth-order valence-electron chi connectivity index (χ4n) is 4.28. The van der Waals surface area contributed by atoms with Crippen molar-refractivity contribution in [2.75, 3.05) is 26.7 Å². The molecular weight excluding hydrogens is 370 g/mol. The van der Waals surface area contributed by atoms with Crippen LogP contribution in [0.25, 0.3) is 11.0 Å². The van der Waals surface area contributed by atoms with Crippen LogP contribution >= 0.6 is 0 Å². The molecule has 2 fully saturated rings. The first kappa shape index (κ1) is 19.3. The number of hydrogen-bond donors (Lipinski definition) is 0. The zero-order valence-electron chi connectivity index (χ0n) is 17.0. The molecule has 1 spiro atoms. The van der Waals surface area contributed by atoms with Gasteiger partial charge in [0.05, 0.1) is 17.2 Å². The normalized spacial score (nSPS) is 19.1. The van der Waals surface area contributed by atoms with Crippen molar-refractivity contribution in [3.63, 3.8) is 0 Å². The second-order valence-electron chi connectivity index (χ2n) is 8.22. The van der Waals surface area contributed by atoms with Crippen molar-refractivity contribution in [3.05, 3.63) is 36.2 Å². The van der Waals surface area contributed by atoms with E-state index in [1.165, 1.54) is 18.1 Å². The number of para-hydroxylation sites is 2. The van der Waals surface area contributed by atoms with Crippen LogP contribution < -0.4 is 0 Å². The van der Waals surface area contributed by atoms with Crippen LogP contribution in [0.1, 0.15) is 37.2 Å². The topological polar surface area (TPSA) is 86.7 Å². The van der Waals surface area contributed by atoms with E-state index in [1.807, 2.05) is 38.1 Å². The Bertz CT molecular complexity index is 981. The molecule has 1 aromatic carbocycles. The van der Waals surface area contributed by atoms with E-state index >= 15 is 0 Å². The molecule has 8 nitrogen and oxygen atoms in total. The molecule has 4 amide bonds. The molecule has 4 rings (SSSR count). The first-order valence-electron chi connectivity index (χ1n) is 9.94. The number of benzene rings is 1. The Morgan fingerprint density at radius 1 is 1.14 bits per heavy atom. The van der Waals surface area contributed by atoms with Gasteiger partial charge in [0.2, 0.25) is 0 Å². The van der Waals surface area contributed by atoms with E-state index in [2.05, 4.69) is 9.97 Å². The number of fused-ring (bicyclic) bond motifs is 1. The van der Waals surface area contributed by atoms with Crippen molar-refractivity contribution in [2.45, 2.75) is 32.2 Å². The SMILES string of the molecule is CC(C)CN1C(=O)N(C)C(=O)C12CCN(C(=O)c1cnc3ccccc3n1)CC2. The zero-order valence-corrected chi connectivity index (χ0v) is 17.0. The standard InChI is InChI=1S/C21H25N5O3/c1-14(2)13-26-20(29)24(3)19(28)21(26)8-10-25(11-9-21)18(27)17-12-22-15-6-4-5-7-16(15)23-17/h4-7,12,14H,8-11,13H2,1-3H3. The molecule has 2 aliphatic heterocycles. The summed E-state index contributed by atoms with van der Waals surface area (Å²) in [4.78, 5) is 51.9. The Labute approximate surface area is 169 Å². The third-order valence-corrected chi connectivity index (χ3v) is 5.83. The highest BCUT2D eigenvalue weighted by Crippen LogP contribution is 2.37. The van der Waals surface area contributed by atoms with Crippen molar-refractivity contribution >= 4 is 28.9 Å². The molecule has 8 heteroatoms. The van der Waals surface area contributed by atoms with E-state index in [4.69, 9.17) is 0 Å². The van der Waals surface area contributed by atoms with Crippen LogP contribution in [0.4, 0.5) is 4.79 Å². The van der Waals surface area contributed by atoms with Crippen molar-refractivity contribution in [2.24, 2.45) is 5.92 Å². The molecule has 2 aromatic rings. The van der Waals surface area contributed by atoms with Gasteiger partial charge in [-0.15, -0.1) is 0 Å². The van der Waals surface area contributed by atoms with Gasteiger partial charge >= 0.3 is 6.03 Å². The maximum Gasteiger partial charge on any atom is 0.327 e. The van der Waals surface area contributed by atoms with Crippen LogP contribution in [-0.2, 0) is 4.79 Å². The van der Waals surface area contributed by atoms with Gasteiger partial charge in [0.1, 0.15) is 11.2 Å². The molecule has 0 radical (unpaired) electrons. The second-order valence-corrected chi connectivity index (χ2v) is 8.22. The Balaban J connectivity index is 1.53. The third-order valence-electron chi connectivity index (χ3n) is 5.83. The minimum Gasteiger partial charge on any atom is -0.337 e. The lowest BCUT2D eigenvalue weighted by atomic mass is 9.85. The average Bonchev–Trinajstić information content (AvgIpc) is 2.89. The van der Waals surface area contributed by atoms with Crippen LogP contribution in [0.5, 0.6) is 0 Å². The number of carbonyl (C=O) groups is 3. The van der Waals surface area contributed by atoms with Crippen molar-refractivity contribution < 1.29 is 14.4 Å². The highest BCUT2D eigenvalue weighted by molar-refractivity contribution is 6.07. The summed E-state index contributed by atoms with van der Waals surface area (Å²) in [5.41, 5.74) is 0.865. The average molecular weight is 395 g/mol. The first-order chi connectivity index (χ1) is 13.8. The quantitative estimate of drug-likeness (QED) is 0.744. The number of nitrogens with zero attached hydrogens (tertiary/aromatic N) is 5. The summed E-state index contributed by atoms with van der Waals surface area (Å²) in [5.74, 6) is -0.109. The molecule has 0 N–H and O–H groups in total. The van der Waals surface area contributed by atoms with Crippen molar-refractivity contribution in [3.8, 4) is 0 Å². The van der Waals surface area contributed by atoms with Gasteiger partial charge in [-0.1, -0.05) is 26.0 Å². The van der Waals surface area contributed by atoms with Crippen LogP contribution in [0.15, 0.2) is 30.5 Å². The van der Waals surface area contributed by atoms with Crippen LogP contribution in [0, 0.1) is 5.92 Å². The maximum absolute atomic E-state index is 13.0. The first-order valence-corrected chi connectivity index (χ1v) is 9.94. The lowest BCUT2D eigenvalue weighted by Gasteiger charge is -2.42. The van der Waals surface area contributed by atoms with E-state index in [-0.39, 0.29) is 23.8 Å². The smallest absolute Gasteiger partial charge is 0.327 e. The maximum atomic E-state index is 13.0. The molecule has 0 saturated carbocycles. The van der Waals surface area contributed by atoms with E-state index in [0.717, 1.165) is 5.52 Å². The molecule has 152 valence electrons. The minimum absolute atomic E-state index is 0.166. The van der Waals surface area contributed by atoms with Gasteiger partial charge < -0.3 is 9.80 Å². The summed E-state index contributed by atoms with van der Waals surface area (Å²) in [6.45, 7) is 5.38. The van der Waals surface area contributed by atoms with Crippen molar-refractivity contribution in [1.82, 2.24) is 24.7 Å². The van der Waals surface area contributed by atoms with Gasteiger partial charge in [0.15, 0.2) is 0 Å². The summed E-state index contributed by atoms with van der Waals surface area (Å²) < 4.78 is 0. The molecule has 29 heavy (non-hydrogen) atoms. The van der Waals surface area contributed by atoms with Gasteiger partial charge in [0.25, 0.3) is 11.8 Å². The van der Waals surface area contributed by atoms with E-state index in [1.54, 1.807) is 9.80 Å². The number of likely N-dealkylation sites (N-methyl/N-ethyl adjacent to an activating group) is 1. The summed E-state index contributed by atoms with van der Waals surface area (Å²) in [6, 6.07) is 7.17. The molecule has 2 aliphatic rings. The summed E-state index contributed by atoms with van der Waals surface area (Å²) in [6.07, 6.45) is 2.36. The Hall–Kier alpha value is -3.03. The van der Waals surface area contributed by atoms with Gasteiger partial charge in [0, 0.05) is 26.7 Å². The lowest BCUT2D eigenvalue weighted by molar-refractivity contribution is -0.134. The molecule has 0 aliphatic carbocycles. The fourth-order valence-corrected chi connectivity index (χ4v) is 4.28. The Morgan fingerprint density at radius 3 is 2.45 bits per heavy atom. The molecule has 0 atom stereocenters. The number of imide groups is 1. The van der Waals surface area contributed by atoms with Gasteiger partial charge in [-0.05, 0) is 30.9 Å². The molecule has 2 saturated heterocycles. The fraction of sp³-hybridized carbons (Fsp3) is 0.476. The molecule has 0 unspecified atom stereocenters. The summed E-state index contributed by atoms with van der Waals surface area (Å²) >= 11 is 0. The predicted molar refractivity (Wildman–Crippen MR) is 107 cm³/mol. The Morgan fingerprint density at radius 2 is 1.79 bits per heavy atom. The van der Waals surface area contributed by atoms with Gasteiger partial charge in [-0.2, -0.15) is 0 Å². The van der Waals surface area contributed by atoms with E-state index in [9.17, 15) is 14.4 Å². The summed E-state index contributed by atoms with van der Waals surface area (Å²) in [7, 11) is 1.54. The molecular formula is C21H25N5O3. The highest BCUT2D eigenvalue weighted by Gasteiger charge is 2.57. The van der Waals surface area contributed by atoms with Crippen molar-refractivity contribution in [1.29, 1.82) is 0 Å². The predicted octanol–water partition coefficient (Wildman–Crippen LogP) is 2.15. The zero-order chi connectivity index (χ0) is 20.8. The molecule has 0 bridgehead atoms. The van der Waals surface area contributed by atoms with E-state index < -0.39 is 5.54 Å². The number of likely N-dealkylation sites (tertiary alicyclic amines) is 1.